The minimum atomic E-state index is -4.77. The van der Waals surface area contributed by atoms with E-state index in [1.807, 2.05) is 0 Å². The molecule has 0 aliphatic heterocycles. The Labute approximate surface area is 122 Å². The summed E-state index contributed by atoms with van der Waals surface area (Å²) in [5.74, 6) is -0.754. The Kier molecular flexibility index (Phi) is 5.36. The molecule has 116 valence electrons. The van der Waals surface area contributed by atoms with E-state index >= 15 is 0 Å². The number of rotatable bonds is 5. The SMILES string of the molecule is CCOC(=O)CNc1cc(C(F)(F)F)c(Cl)cc1[N+](=O)[O-]. The van der Waals surface area contributed by atoms with E-state index in [1.165, 1.54) is 0 Å². The zero-order chi connectivity index (χ0) is 16.2. The van der Waals surface area contributed by atoms with Crippen LogP contribution >= 0.6 is 11.6 Å². The number of carbonyl (C=O) groups excluding carboxylic acids is 1. The zero-order valence-electron chi connectivity index (χ0n) is 10.7. The number of nitro benzene ring substituents is 1. The minimum absolute atomic E-state index is 0.0804. The summed E-state index contributed by atoms with van der Waals surface area (Å²) in [6, 6.07) is 1.07. The van der Waals surface area contributed by atoms with Crippen molar-refractivity contribution in [3.8, 4) is 0 Å². The molecule has 0 aliphatic carbocycles. The largest absolute Gasteiger partial charge is 0.465 e. The number of nitrogens with one attached hydrogen (secondary N) is 1. The molecule has 6 nitrogen and oxygen atoms in total. The molecule has 0 fully saturated rings. The van der Waals surface area contributed by atoms with E-state index in [4.69, 9.17) is 11.6 Å². The lowest BCUT2D eigenvalue weighted by atomic mass is 10.1. The molecule has 0 aliphatic rings. The van der Waals surface area contributed by atoms with Crippen molar-refractivity contribution in [3.05, 3.63) is 32.8 Å². The Hall–Kier alpha value is -2.03. The lowest BCUT2D eigenvalue weighted by molar-refractivity contribution is -0.384. The first-order chi connectivity index (χ1) is 9.66. The predicted molar refractivity (Wildman–Crippen MR) is 68.2 cm³/mol. The molecule has 0 spiro atoms. The number of ether oxygens (including phenoxy) is 1. The molecule has 0 bridgehead atoms. The average Bonchev–Trinajstić information content (AvgIpc) is 2.35. The second-order valence-electron chi connectivity index (χ2n) is 3.76. The Bertz CT molecular complexity index is 563. The van der Waals surface area contributed by atoms with Crippen molar-refractivity contribution in [2.75, 3.05) is 18.5 Å². The molecule has 0 saturated heterocycles. The quantitative estimate of drug-likeness (QED) is 0.510. The van der Waals surface area contributed by atoms with Gasteiger partial charge < -0.3 is 10.1 Å². The average molecular weight is 327 g/mol. The molecular weight excluding hydrogens is 317 g/mol. The van der Waals surface area contributed by atoms with Crippen LogP contribution in [0.25, 0.3) is 0 Å². The number of hydrogen-bond donors (Lipinski definition) is 1. The fourth-order valence-electron chi connectivity index (χ4n) is 1.45. The highest BCUT2D eigenvalue weighted by atomic mass is 35.5. The molecule has 0 aromatic heterocycles. The predicted octanol–water partition coefficient (Wildman–Crippen LogP) is 3.24. The summed E-state index contributed by atoms with van der Waals surface area (Å²) in [4.78, 5) is 21.1. The summed E-state index contributed by atoms with van der Waals surface area (Å²) in [7, 11) is 0. The molecule has 0 unspecified atom stereocenters. The smallest absolute Gasteiger partial charge is 0.417 e. The van der Waals surface area contributed by atoms with E-state index in [2.05, 4.69) is 10.1 Å². The summed E-state index contributed by atoms with van der Waals surface area (Å²) in [5, 5.41) is 12.3. The van der Waals surface area contributed by atoms with Crippen LogP contribution in [-0.2, 0) is 15.7 Å². The normalized spacial score (nSPS) is 11.1. The molecule has 10 heteroatoms. The topological polar surface area (TPSA) is 81.5 Å². The van der Waals surface area contributed by atoms with Crippen LogP contribution in [0.2, 0.25) is 5.02 Å². The van der Waals surface area contributed by atoms with E-state index in [1.54, 1.807) is 6.92 Å². The number of alkyl halides is 3. The number of nitro groups is 1. The lowest BCUT2D eigenvalue weighted by Crippen LogP contribution is -2.18. The van der Waals surface area contributed by atoms with Gasteiger partial charge in [-0.2, -0.15) is 13.2 Å². The van der Waals surface area contributed by atoms with Crippen LogP contribution in [0.4, 0.5) is 24.5 Å². The molecule has 1 aromatic rings. The van der Waals surface area contributed by atoms with Gasteiger partial charge in [0.15, 0.2) is 0 Å². The van der Waals surface area contributed by atoms with Crippen LogP contribution in [0.15, 0.2) is 12.1 Å². The molecule has 0 amide bonds. The Morgan fingerprint density at radius 1 is 1.48 bits per heavy atom. The number of carbonyl (C=O) groups is 1. The van der Waals surface area contributed by atoms with E-state index in [0.29, 0.717) is 12.1 Å². The fourth-order valence-corrected chi connectivity index (χ4v) is 1.72. The summed E-state index contributed by atoms with van der Waals surface area (Å²) in [6.45, 7) is 1.12. The van der Waals surface area contributed by atoms with Gasteiger partial charge in [-0.3, -0.25) is 14.9 Å². The third kappa shape index (κ3) is 4.48. The third-order valence-corrected chi connectivity index (χ3v) is 2.63. The first-order valence-electron chi connectivity index (χ1n) is 5.61. The minimum Gasteiger partial charge on any atom is -0.465 e. The molecular formula is C11H10ClF3N2O4. The van der Waals surface area contributed by atoms with Crippen LogP contribution in [-0.4, -0.2) is 24.0 Å². The van der Waals surface area contributed by atoms with E-state index in [-0.39, 0.29) is 6.61 Å². The third-order valence-electron chi connectivity index (χ3n) is 2.32. The number of nitrogens with zero attached hydrogens (tertiary/aromatic N) is 1. The molecule has 0 heterocycles. The number of halogens is 4. The first kappa shape index (κ1) is 17.0. The summed E-state index contributed by atoms with van der Waals surface area (Å²) >= 11 is 5.40. The van der Waals surface area contributed by atoms with Gasteiger partial charge in [-0.25, -0.2) is 0 Å². The van der Waals surface area contributed by atoms with Gasteiger partial charge >= 0.3 is 12.1 Å². The Morgan fingerprint density at radius 3 is 2.57 bits per heavy atom. The molecule has 21 heavy (non-hydrogen) atoms. The molecule has 1 N–H and O–H groups in total. The van der Waals surface area contributed by atoms with Crippen molar-refractivity contribution in [1.82, 2.24) is 0 Å². The highest BCUT2D eigenvalue weighted by molar-refractivity contribution is 6.31. The Balaban J connectivity index is 3.15. The van der Waals surface area contributed by atoms with E-state index < -0.39 is 45.6 Å². The van der Waals surface area contributed by atoms with Crippen molar-refractivity contribution >= 4 is 28.9 Å². The van der Waals surface area contributed by atoms with Gasteiger partial charge in [-0.1, -0.05) is 11.6 Å². The second-order valence-corrected chi connectivity index (χ2v) is 4.17. The summed E-state index contributed by atoms with van der Waals surface area (Å²) in [6.07, 6.45) is -4.77. The van der Waals surface area contributed by atoms with Crippen molar-refractivity contribution < 1.29 is 27.6 Å². The fraction of sp³-hybridized carbons (Fsp3) is 0.364. The van der Waals surface area contributed by atoms with Crippen LogP contribution < -0.4 is 5.32 Å². The maximum Gasteiger partial charge on any atom is 0.417 e. The van der Waals surface area contributed by atoms with Crippen LogP contribution in [0, 0.1) is 10.1 Å². The molecule has 1 rings (SSSR count). The van der Waals surface area contributed by atoms with Crippen LogP contribution in [0.1, 0.15) is 12.5 Å². The van der Waals surface area contributed by atoms with E-state index in [0.717, 1.165) is 0 Å². The maximum absolute atomic E-state index is 12.7. The number of esters is 1. The number of benzene rings is 1. The summed E-state index contributed by atoms with van der Waals surface area (Å²) in [5.41, 5.74) is -2.37. The van der Waals surface area contributed by atoms with E-state index in [9.17, 15) is 28.1 Å². The maximum atomic E-state index is 12.7. The van der Waals surface area contributed by atoms with Gasteiger partial charge in [-0.05, 0) is 13.0 Å². The number of hydrogen-bond acceptors (Lipinski definition) is 5. The van der Waals surface area contributed by atoms with Crippen molar-refractivity contribution in [3.63, 3.8) is 0 Å². The van der Waals surface area contributed by atoms with Crippen LogP contribution in [0.3, 0.4) is 0 Å². The second kappa shape index (κ2) is 6.61. The van der Waals surface area contributed by atoms with Crippen molar-refractivity contribution in [2.24, 2.45) is 0 Å². The van der Waals surface area contributed by atoms with Crippen molar-refractivity contribution in [1.29, 1.82) is 0 Å². The van der Waals surface area contributed by atoms with Gasteiger partial charge in [-0.15, -0.1) is 0 Å². The molecule has 0 radical (unpaired) electrons. The summed E-state index contributed by atoms with van der Waals surface area (Å²) < 4.78 is 42.7. The first-order valence-corrected chi connectivity index (χ1v) is 5.99. The highest BCUT2D eigenvalue weighted by Gasteiger charge is 2.35. The van der Waals surface area contributed by atoms with Crippen molar-refractivity contribution in [2.45, 2.75) is 13.1 Å². The molecule has 0 atom stereocenters. The highest BCUT2D eigenvalue weighted by Crippen LogP contribution is 2.40. The van der Waals surface area contributed by atoms with Gasteiger partial charge in [0.1, 0.15) is 12.2 Å². The van der Waals surface area contributed by atoms with Gasteiger partial charge in [0, 0.05) is 6.07 Å². The zero-order valence-corrected chi connectivity index (χ0v) is 11.4. The monoisotopic (exact) mass is 326 g/mol. The number of anilines is 1. The van der Waals surface area contributed by atoms with Gasteiger partial charge in [0.2, 0.25) is 0 Å². The standard InChI is InChI=1S/C11H10ClF3N2O4/c1-2-21-10(18)5-16-8-3-6(11(13,14)15)7(12)4-9(8)17(19)20/h3-4,16H,2,5H2,1H3. The van der Waals surface area contributed by atoms with Gasteiger partial charge in [0.05, 0.1) is 22.1 Å². The lowest BCUT2D eigenvalue weighted by Gasteiger charge is -2.12. The molecule has 1 aromatic carbocycles. The Morgan fingerprint density at radius 2 is 2.10 bits per heavy atom. The van der Waals surface area contributed by atoms with Gasteiger partial charge in [0.25, 0.3) is 5.69 Å². The van der Waals surface area contributed by atoms with Crippen LogP contribution in [0.5, 0.6) is 0 Å². The molecule has 0 saturated carbocycles.